The zero-order valence-electron chi connectivity index (χ0n) is 10.7. The van der Waals surface area contributed by atoms with E-state index in [-0.39, 0.29) is 0 Å². The van der Waals surface area contributed by atoms with Gasteiger partial charge in [0.1, 0.15) is 12.1 Å². The summed E-state index contributed by atoms with van der Waals surface area (Å²) < 4.78 is 0. The van der Waals surface area contributed by atoms with E-state index in [1.165, 1.54) is 6.33 Å². The number of benzene rings is 2. The van der Waals surface area contributed by atoms with E-state index >= 15 is 0 Å². The highest BCUT2D eigenvalue weighted by Gasteiger charge is 2.05. The van der Waals surface area contributed by atoms with Crippen molar-refractivity contribution in [3.05, 3.63) is 59.4 Å². The fourth-order valence-corrected chi connectivity index (χ4v) is 2.17. The number of anilines is 2. The molecule has 2 aromatic carbocycles. The number of rotatable bonds is 3. The monoisotopic (exact) mass is 284 g/mol. The van der Waals surface area contributed by atoms with Crippen molar-refractivity contribution < 1.29 is 0 Å². The third kappa shape index (κ3) is 2.51. The van der Waals surface area contributed by atoms with E-state index in [9.17, 15) is 0 Å². The number of nitrogens with zero attached hydrogens (tertiary/aromatic N) is 2. The Labute approximate surface area is 121 Å². The summed E-state index contributed by atoms with van der Waals surface area (Å²) in [4.78, 5) is 8.49. The molecule has 0 aliphatic heterocycles. The van der Waals surface area contributed by atoms with Gasteiger partial charge < -0.3 is 11.1 Å². The molecule has 0 aliphatic rings. The van der Waals surface area contributed by atoms with Gasteiger partial charge in [-0.15, -0.1) is 0 Å². The van der Waals surface area contributed by atoms with E-state index in [1.807, 2.05) is 42.5 Å². The van der Waals surface area contributed by atoms with E-state index in [4.69, 9.17) is 17.3 Å². The van der Waals surface area contributed by atoms with Gasteiger partial charge in [0, 0.05) is 17.0 Å². The van der Waals surface area contributed by atoms with Gasteiger partial charge in [0.2, 0.25) is 0 Å². The van der Waals surface area contributed by atoms with Crippen LogP contribution in [0.5, 0.6) is 0 Å². The van der Waals surface area contributed by atoms with Crippen LogP contribution in [0.15, 0.2) is 48.8 Å². The van der Waals surface area contributed by atoms with Gasteiger partial charge in [-0.1, -0.05) is 29.8 Å². The minimum absolute atomic E-state index is 0.652. The summed E-state index contributed by atoms with van der Waals surface area (Å²) in [5.41, 5.74) is 8.46. The Morgan fingerprint density at radius 1 is 1.05 bits per heavy atom. The number of nitrogen functional groups attached to an aromatic ring is 1. The zero-order valence-corrected chi connectivity index (χ0v) is 11.4. The smallest absolute Gasteiger partial charge is 0.137 e. The van der Waals surface area contributed by atoms with Crippen LogP contribution in [-0.4, -0.2) is 9.97 Å². The maximum Gasteiger partial charge on any atom is 0.137 e. The summed E-state index contributed by atoms with van der Waals surface area (Å²) in [5, 5.41) is 4.95. The molecule has 3 N–H and O–H groups in total. The highest BCUT2D eigenvalue weighted by atomic mass is 35.5. The van der Waals surface area contributed by atoms with Gasteiger partial charge in [-0.2, -0.15) is 0 Å². The predicted octanol–water partition coefficient (Wildman–Crippen LogP) is 3.48. The number of para-hydroxylation sites is 1. The minimum Gasteiger partial charge on any atom is -0.397 e. The first-order valence-corrected chi connectivity index (χ1v) is 6.59. The van der Waals surface area contributed by atoms with Gasteiger partial charge in [-0.3, -0.25) is 0 Å². The second-order valence-electron chi connectivity index (χ2n) is 4.45. The average molecular weight is 285 g/mol. The fourth-order valence-electron chi connectivity index (χ4n) is 2.04. The Morgan fingerprint density at radius 3 is 2.65 bits per heavy atom. The summed E-state index contributed by atoms with van der Waals surface area (Å²) in [5.74, 6) is 0.775. The number of fused-ring (bicyclic) bond motifs is 1. The molecule has 0 aliphatic carbocycles. The molecule has 3 aromatic rings. The number of halogens is 1. The van der Waals surface area contributed by atoms with E-state index in [1.54, 1.807) is 0 Å². The van der Waals surface area contributed by atoms with E-state index in [0.717, 1.165) is 27.3 Å². The van der Waals surface area contributed by atoms with Crippen LogP contribution in [0.4, 0.5) is 11.5 Å². The van der Waals surface area contributed by atoms with Crippen LogP contribution in [0.2, 0.25) is 5.02 Å². The molecule has 0 saturated carbocycles. The van der Waals surface area contributed by atoms with Crippen LogP contribution >= 0.6 is 11.6 Å². The van der Waals surface area contributed by atoms with Crippen molar-refractivity contribution >= 4 is 34.0 Å². The van der Waals surface area contributed by atoms with Gasteiger partial charge in [0.15, 0.2) is 0 Å². The third-order valence-corrected chi connectivity index (χ3v) is 3.32. The lowest BCUT2D eigenvalue weighted by molar-refractivity contribution is 1.10. The quantitative estimate of drug-likeness (QED) is 0.723. The molecular formula is C15H13ClN4. The Morgan fingerprint density at radius 2 is 1.85 bits per heavy atom. The summed E-state index contributed by atoms with van der Waals surface area (Å²) in [6.07, 6.45) is 1.52. The van der Waals surface area contributed by atoms with Crippen molar-refractivity contribution in [3.8, 4) is 0 Å². The molecule has 0 spiro atoms. The molecule has 3 rings (SSSR count). The molecule has 0 radical (unpaired) electrons. The lowest BCUT2D eigenvalue weighted by Crippen LogP contribution is -2.03. The topological polar surface area (TPSA) is 63.8 Å². The normalized spacial score (nSPS) is 10.7. The number of hydrogen-bond acceptors (Lipinski definition) is 4. The summed E-state index contributed by atoms with van der Waals surface area (Å²) in [7, 11) is 0. The molecule has 100 valence electrons. The Balaban J connectivity index is 1.88. The molecule has 0 atom stereocenters. The Bertz CT molecular complexity index is 740. The second kappa shape index (κ2) is 5.35. The third-order valence-electron chi connectivity index (χ3n) is 3.07. The first-order valence-electron chi connectivity index (χ1n) is 6.21. The van der Waals surface area contributed by atoms with Gasteiger partial charge >= 0.3 is 0 Å². The molecule has 0 fully saturated rings. The largest absolute Gasteiger partial charge is 0.397 e. The van der Waals surface area contributed by atoms with Crippen molar-refractivity contribution in [1.82, 2.24) is 9.97 Å². The second-order valence-corrected chi connectivity index (χ2v) is 4.88. The number of nitrogens with two attached hydrogens (primary N) is 1. The molecule has 0 bridgehead atoms. The van der Waals surface area contributed by atoms with Crippen LogP contribution in [-0.2, 0) is 6.54 Å². The van der Waals surface area contributed by atoms with Gasteiger partial charge in [0.25, 0.3) is 0 Å². The van der Waals surface area contributed by atoms with Crippen LogP contribution in [0, 0.1) is 0 Å². The fraction of sp³-hybridized carbons (Fsp3) is 0.0667. The molecule has 4 nitrogen and oxygen atoms in total. The number of nitrogens with one attached hydrogen (secondary N) is 1. The van der Waals surface area contributed by atoms with Gasteiger partial charge in [0.05, 0.1) is 11.2 Å². The van der Waals surface area contributed by atoms with Crippen molar-refractivity contribution in [1.29, 1.82) is 0 Å². The average Bonchev–Trinajstić information content (AvgIpc) is 2.47. The van der Waals surface area contributed by atoms with E-state index < -0.39 is 0 Å². The highest BCUT2D eigenvalue weighted by molar-refractivity contribution is 6.30. The maximum absolute atomic E-state index is 5.92. The van der Waals surface area contributed by atoms with Crippen molar-refractivity contribution in [3.63, 3.8) is 0 Å². The summed E-state index contributed by atoms with van der Waals surface area (Å²) >= 11 is 5.87. The number of hydrogen-bond donors (Lipinski definition) is 2. The molecule has 1 aromatic heterocycles. The molecule has 1 heterocycles. The zero-order chi connectivity index (χ0) is 13.9. The van der Waals surface area contributed by atoms with Gasteiger partial charge in [-0.25, -0.2) is 9.97 Å². The molecular weight excluding hydrogens is 272 g/mol. The van der Waals surface area contributed by atoms with E-state index in [2.05, 4.69) is 15.3 Å². The maximum atomic E-state index is 5.92. The highest BCUT2D eigenvalue weighted by Crippen LogP contribution is 2.23. The standard InChI is InChI=1S/C15H13ClN4/c16-11-6-4-10(5-7-11)8-18-15-12-2-1-3-13(17)14(12)19-9-20-15/h1-7,9H,8,17H2,(H,18,19,20). The first kappa shape index (κ1) is 12.7. The lowest BCUT2D eigenvalue weighted by Gasteiger charge is -2.09. The molecule has 20 heavy (non-hydrogen) atoms. The minimum atomic E-state index is 0.652. The summed E-state index contributed by atoms with van der Waals surface area (Å²) in [6, 6.07) is 13.4. The van der Waals surface area contributed by atoms with Crippen LogP contribution in [0.1, 0.15) is 5.56 Å². The van der Waals surface area contributed by atoms with Crippen molar-refractivity contribution in [2.45, 2.75) is 6.54 Å². The predicted molar refractivity (Wildman–Crippen MR) is 82.7 cm³/mol. The van der Waals surface area contributed by atoms with Gasteiger partial charge in [-0.05, 0) is 29.8 Å². The Kier molecular flexibility index (Phi) is 3.39. The molecule has 0 unspecified atom stereocenters. The van der Waals surface area contributed by atoms with Crippen LogP contribution in [0.25, 0.3) is 10.9 Å². The molecule has 5 heteroatoms. The summed E-state index contributed by atoms with van der Waals surface area (Å²) in [6.45, 7) is 0.665. The number of aromatic nitrogens is 2. The Hall–Kier alpha value is -2.33. The van der Waals surface area contributed by atoms with Crippen LogP contribution in [0.3, 0.4) is 0 Å². The van der Waals surface area contributed by atoms with Crippen LogP contribution < -0.4 is 11.1 Å². The lowest BCUT2D eigenvalue weighted by atomic mass is 10.2. The van der Waals surface area contributed by atoms with Crippen molar-refractivity contribution in [2.24, 2.45) is 0 Å². The van der Waals surface area contributed by atoms with Crippen molar-refractivity contribution in [2.75, 3.05) is 11.1 Å². The first-order chi connectivity index (χ1) is 9.74. The molecule has 0 saturated heterocycles. The van der Waals surface area contributed by atoms with E-state index in [0.29, 0.717) is 12.2 Å². The molecule has 0 amide bonds. The SMILES string of the molecule is Nc1cccc2c(NCc3ccc(Cl)cc3)ncnc12.